The molecule has 0 unspecified atom stereocenters. The number of amides is 1. The molecule has 1 N–H and O–H groups in total. The van der Waals surface area contributed by atoms with Gasteiger partial charge in [0.05, 0.1) is 13.3 Å². The minimum atomic E-state index is -0.682. The van der Waals surface area contributed by atoms with Crippen LogP contribution in [0.25, 0.3) is 10.8 Å². The van der Waals surface area contributed by atoms with Crippen LogP contribution in [-0.2, 0) is 11.4 Å². The van der Waals surface area contributed by atoms with Gasteiger partial charge in [-0.05, 0) is 59.2 Å². The van der Waals surface area contributed by atoms with Crippen molar-refractivity contribution in [1.29, 1.82) is 0 Å². The number of nitrogens with one attached hydrogen (secondary N) is 1. The van der Waals surface area contributed by atoms with E-state index >= 15 is 0 Å². The van der Waals surface area contributed by atoms with Gasteiger partial charge in [-0.1, -0.05) is 60.7 Å². The lowest BCUT2D eigenvalue weighted by Gasteiger charge is -2.13. The van der Waals surface area contributed by atoms with Crippen LogP contribution in [0.15, 0.2) is 96.1 Å². The molecule has 0 fully saturated rings. The van der Waals surface area contributed by atoms with Gasteiger partial charge < -0.3 is 14.2 Å². The second-order valence-electron chi connectivity index (χ2n) is 7.64. The SMILES string of the molecule is COc1cc(/C=N\NC(=O)[C@@H](C)Oc2ccccc2)ccc1OCc1cccc2ccccc12. The van der Waals surface area contributed by atoms with E-state index < -0.39 is 6.10 Å². The fraction of sp³-hybridized carbons (Fsp3) is 0.143. The summed E-state index contributed by atoms with van der Waals surface area (Å²) in [6, 6.07) is 29.0. The second-order valence-corrected chi connectivity index (χ2v) is 7.64. The molecule has 4 aromatic carbocycles. The van der Waals surface area contributed by atoms with Crippen molar-refractivity contribution in [2.75, 3.05) is 7.11 Å². The maximum atomic E-state index is 12.2. The van der Waals surface area contributed by atoms with Crippen molar-refractivity contribution < 1.29 is 19.0 Å². The first kappa shape index (κ1) is 22.9. The highest BCUT2D eigenvalue weighted by Crippen LogP contribution is 2.29. The molecule has 0 saturated carbocycles. The molecule has 34 heavy (non-hydrogen) atoms. The number of carbonyl (C=O) groups is 1. The quantitative estimate of drug-likeness (QED) is 0.274. The number of fused-ring (bicyclic) bond motifs is 1. The van der Waals surface area contributed by atoms with Crippen molar-refractivity contribution in [3.05, 3.63) is 102 Å². The second kappa shape index (κ2) is 11.0. The first-order chi connectivity index (χ1) is 16.6. The minimum absolute atomic E-state index is 0.345. The predicted molar refractivity (Wildman–Crippen MR) is 134 cm³/mol. The number of methoxy groups -OCH3 is 1. The van der Waals surface area contributed by atoms with Gasteiger partial charge in [0, 0.05) is 0 Å². The zero-order chi connectivity index (χ0) is 23.8. The Balaban J connectivity index is 1.37. The Kier molecular flexibility index (Phi) is 7.40. The Hall–Kier alpha value is -4.32. The van der Waals surface area contributed by atoms with Crippen LogP contribution in [0.3, 0.4) is 0 Å². The molecule has 6 nitrogen and oxygen atoms in total. The van der Waals surface area contributed by atoms with Gasteiger partial charge in [-0.3, -0.25) is 4.79 Å². The number of rotatable bonds is 9. The first-order valence-corrected chi connectivity index (χ1v) is 11.0. The third kappa shape index (κ3) is 5.72. The van der Waals surface area contributed by atoms with E-state index in [1.165, 1.54) is 5.39 Å². The molecule has 0 spiro atoms. The third-order valence-electron chi connectivity index (χ3n) is 5.26. The lowest BCUT2D eigenvalue weighted by Crippen LogP contribution is -2.33. The molecule has 0 radical (unpaired) electrons. The van der Waals surface area contributed by atoms with Crippen molar-refractivity contribution in [1.82, 2.24) is 5.43 Å². The molecule has 1 amide bonds. The smallest absolute Gasteiger partial charge is 0.280 e. The monoisotopic (exact) mass is 454 g/mol. The van der Waals surface area contributed by atoms with E-state index in [0.717, 1.165) is 16.5 Å². The summed E-state index contributed by atoms with van der Waals surface area (Å²) in [5.74, 6) is 1.48. The molecule has 0 bridgehead atoms. The van der Waals surface area contributed by atoms with E-state index in [-0.39, 0.29) is 5.91 Å². The summed E-state index contributed by atoms with van der Waals surface area (Å²) in [5, 5.41) is 6.37. The van der Waals surface area contributed by atoms with E-state index in [9.17, 15) is 4.79 Å². The normalized spacial score (nSPS) is 11.8. The highest BCUT2D eigenvalue weighted by molar-refractivity contribution is 5.86. The fourth-order valence-corrected chi connectivity index (χ4v) is 3.48. The van der Waals surface area contributed by atoms with Crippen molar-refractivity contribution >= 4 is 22.9 Å². The molecule has 0 aliphatic carbocycles. The van der Waals surface area contributed by atoms with Crippen LogP contribution < -0.4 is 19.6 Å². The van der Waals surface area contributed by atoms with Gasteiger partial charge in [-0.25, -0.2) is 5.43 Å². The van der Waals surface area contributed by atoms with Gasteiger partial charge in [0.1, 0.15) is 12.4 Å². The Morgan fingerprint density at radius 2 is 1.71 bits per heavy atom. The van der Waals surface area contributed by atoms with E-state index in [1.807, 2.05) is 48.5 Å². The van der Waals surface area contributed by atoms with Crippen molar-refractivity contribution in [2.45, 2.75) is 19.6 Å². The van der Waals surface area contributed by atoms with Gasteiger partial charge in [0.2, 0.25) is 0 Å². The Labute approximate surface area is 198 Å². The summed E-state index contributed by atoms with van der Waals surface area (Å²) in [6.07, 6.45) is 0.864. The van der Waals surface area contributed by atoms with E-state index in [0.29, 0.717) is 23.9 Å². The third-order valence-corrected chi connectivity index (χ3v) is 5.26. The van der Waals surface area contributed by atoms with Crippen LogP contribution in [0.2, 0.25) is 0 Å². The summed E-state index contributed by atoms with van der Waals surface area (Å²) in [5.41, 5.74) is 4.35. The predicted octanol–water partition coefficient (Wildman–Crippen LogP) is 5.35. The first-order valence-electron chi connectivity index (χ1n) is 11.0. The Morgan fingerprint density at radius 1 is 0.941 bits per heavy atom. The Bertz CT molecular complexity index is 1280. The van der Waals surface area contributed by atoms with Crippen LogP contribution in [0.4, 0.5) is 0 Å². The molecule has 0 heterocycles. The largest absolute Gasteiger partial charge is 0.493 e. The van der Waals surface area contributed by atoms with Crippen molar-refractivity contribution in [3.8, 4) is 17.2 Å². The molecule has 0 aliphatic rings. The number of ether oxygens (including phenoxy) is 3. The number of carbonyl (C=O) groups excluding carboxylic acids is 1. The molecule has 0 aromatic heterocycles. The number of nitrogens with zero attached hydrogens (tertiary/aromatic N) is 1. The van der Waals surface area contributed by atoms with Crippen molar-refractivity contribution in [2.24, 2.45) is 5.10 Å². The zero-order valence-electron chi connectivity index (χ0n) is 19.1. The van der Waals surface area contributed by atoms with Crippen LogP contribution in [0.5, 0.6) is 17.2 Å². The van der Waals surface area contributed by atoms with Gasteiger partial charge >= 0.3 is 0 Å². The Morgan fingerprint density at radius 3 is 2.53 bits per heavy atom. The summed E-state index contributed by atoms with van der Waals surface area (Å²) >= 11 is 0. The minimum Gasteiger partial charge on any atom is -0.493 e. The molecule has 0 aliphatic heterocycles. The van der Waals surface area contributed by atoms with Crippen LogP contribution in [0, 0.1) is 0 Å². The average molecular weight is 455 g/mol. The molecule has 6 heteroatoms. The molecule has 1 atom stereocenters. The average Bonchev–Trinajstić information content (AvgIpc) is 2.88. The maximum Gasteiger partial charge on any atom is 0.280 e. The van der Waals surface area contributed by atoms with E-state index in [2.05, 4.69) is 34.8 Å². The number of hydrogen-bond donors (Lipinski definition) is 1. The molecular formula is C28H26N2O4. The molecule has 4 aromatic rings. The van der Waals surface area contributed by atoms with Crippen molar-refractivity contribution in [3.63, 3.8) is 0 Å². The fourth-order valence-electron chi connectivity index (χ4n) is 3.48. The van der Waals surface area contributed by atoms with Gasteiger partial charge in [-0.15, -0.1) is 0 Å². The molecule has 0 saturated heterocycles. The summed E-state index contributed by atoms with van der Waals surface area (Å²) in [4.78, 5) is 12.2. The molecular weight excluding hydrogens is 428 g/mol. The van der Waals surface area contributed by atoms with Crippen LogP contribution >= 0.6 is 0 Å². The van der Waals surface area contributed by atoms with Gasteiger partial charge in [-0.2, -0.15) is 5.10 Å². The summed E-state index contributed by atoms with van der Waals surface area (Å²) in [6.45, 7) is 2.09. The number of hydrazone groups is 1. The van der Waals surface area contributed by atoms with E-state index in [4.69, 9.17) is 14.2 Å². The number of para-hydroxylation sites is 1. The lowest BCUT2D eigenvalue weighted by atomic mass is 10.1. The van der Waals surface area contributed by atoms with E-state index in [1.54, 1.807) is 38.4 Å². The highest BCUT2D eigenvalue weighted by Gasteiger charge is 2.13. The van der Waals surface area contributed by atoms with Crippen LogP contribution in [-0.4, -0.2) is 25.3 Å². The maximum absolute atomic E-state index is 12.2. The molecule has 172 valence electrons. The lowest BCUT2D eigenvalue weighted by molar-refractivity contribution is -0.127. The highest BCUT2D eigenvalue weighted by atomic mass is 16.5. The molecule has 4 rings (SSSR count). The number of hydrogen-bond acceptors (Lipinski definition) is 5. The summed E-state index contributed by atoms with van der Waals surface area (Å²) < 4.78 is 17.2. The number of benzene rings is 4. The topological polar surface area (TPSA) is 69.2 Å². The van der Waals surface area contributed by atoms with Gasteiger partial charge in [0.25, 0.3) is 5.91 Å². The van der Waals surface area contributed by atoms with Gasteiger partial charge in [0.15, 0.2) is 17.6 Å². The standard InChI is InChI=1S/C28H26N2O4/c1-20(34-24-12-4-3-5-13-24)28(31)30-29-18-21-15-16-26(27(17-21)32-2)33-19-23-11-8-10-22-9-6-7-14-25(22)23/h3-18,20H,19H2,1-2H3,(H,30,31)/b29-18-/t20-/m1/s1. The summed E-state index contributed by atoms with van der Waals surface area (Å²) in [7, 11) is 1.59. The zero-order valence-corrected chi connectivity index (χ0v) is 19.1. The van der Waals surface area contributed by atoms with Crippen LogP contribution in [0.1, 0.15) is 18.1 Å².